The van der Waals surface area contributed by atoms with Gasteiger partial charge >= 0.3 is 5.97 Å². The summed E-state index contributed by atoms with van der Waals surface area (Å²) < 4.78 is 0. The lowest BCUT2D eigenvalue weighted by molar-refractivity contribution is -0.156. The lowest BCUT2D eigenvalue weighted by Gasteiger charge is -2.36. The Hall–Kier alpha value is -1.06. The van der Waals surface area contributed by atoms with Crippen molar-refractivity contribution in [3.63, 3.8) is 0 Å². The third-order valence-corrected chi connectivity index (χ3v) is 3.83. The number of carbonyl (C=O) groups excluding carboxylic acids is 1. The molecule has 1 amide bonds. The number of hydrogen-bond acceptors (Lipinski definition) is 2. The number of carboxylic acids is 1. The van der Waals surface area contributed by atoms with Crippen molar-refractivity contribution in [3.05, 3.63) is 0 Å². The van der Waals surface area contributed by atoms with Crippen molar-refractivity contribution in [2.45, 2.75) is 58.9 Å². The average molecular weight is 255 g/mol. The van der Waals surface area contributed by atoms with Crippen LogP contribution in [0.3, 0.4) is 0 Å². The molecule has 0 spiro atoms. The average Bonchev–Trinajstić information content (AvgIpc) is 2.26. The van der Waals surface area contributed by atoms with E-state index in [4.69, 9.17) is 0 Å². The van der Waals surface area contributed by atoms with Gasteiger partial charge in [0.2, 0.25) is 5.91 Å². The lowest BCUT2D eigenvalue weighted by atomic mass is 9.79. The molecule has 0 aromatic carbocycles. The van der Waals surface area contributed by atoms with Gasteiger partial charge in [-0.15, -0.1) is 0 Å². The molecular formula is C14H25NO3. The van der Waals surface area contributed by atoms with E-state index in [0.29, 0.717) is 0 Å². The van der Waals surface area contributed by atoms with Crippen LogP contribution < -0.4 is 0 Å². The van der Waals surface area contributed by atoms with Gasteiger partial charge in [0.25, 0.3) is 0 Å². The molecule has 1 aliphatic carbocycles. The highest BCUT2D eigenvalue weighted by Crippen LogP contribution is 2.30. The smallest absolute Gasteiger partial charge is 0.316 e. The zero-order chi connectivity index (χ0) is 13.9. The molecule has 0 aromatic heterocycles. The zero-order valence-electron chi connectivity index (χ0n) is 11.9. The molecule has 1 rings (SSSR count). The van der Waals surface area contributed by atoms with Crippen LogP contribution in [0.5, 0.6) is 0 Å². The number of hydrogen-bond donors (Lipinski definition) is 1. The number of nitrogens with zero attached hydrogens (tertiary/aromatic N) is 1. The maximum Gasteiger partial charge on any atom is 0.316 e. The molecular weight excluding hydrogens is 230 g/mol. The Morgan fingerprint density at radius 1 is 1.17 bits per heavy atom. The predicted octanol–water partition coefficient (Wildman–Crippen LogP) is 2.52. The van der Waals surface area contributed by atoms with Gasteiger partial charge in [-0.1, -0.05) is 40.0 Å². The predicted molar refractivity (Wildman–Crippen MR) is 70.2 cm³/mol. The zero-order valence-corrected chi connectivity index (χ0v) is 11.9. The van der Waals surface area contributed by atoms with Crippen LogP contribution >= 0.6 is 0 Å². The summed E-state index contributed by atoms with van der Waals surface area (Å²) in [5.74, 6) is -2.22. The highest BCUT2D eigenvalue weighted by molar-refractivity contribution is 5.97. The summed E-state index contributed by atoms with van der Waals surface area (Å²) in [5.41, 5.74) is -0.550. The largest absolute Gasteiger partial charge is 0.481 e. The van der Waals surface area contributed by atoms with Crippen molar-refractivity contribution in [2.75, 3.05) is 7.05 Å². The Morgan fingerprint density at radius 3 is 2.06 bits per heavy atom. The van der Waals surface area contributed by atoms with Crippen LogP contribution in [0.25, 0.3) is 0 Å². The van der Waals surface area contributed by atoms with Gasteiger partial charge in [-0.05, 0) is 18.3 Å². The van der Waals surface area contributed by atoms with E-state index in [1.807, 2.05) is 0 Å². The van der Waals surface area contributed by atoms with Crippen LogP contribution in [0.2, 0.25) is 0 Å². The molecule has 4 heteroatoms. The minimum absolute atomic E-state index is 0.218. The fraction of sp³-hybridized carbons (Fsp3) is 0.857. The monoisotopic (exact) mass is 255 g/mol. The summed E-state index contributed by atoms with van der Waals surface area (Å²) in [4.78, 5) is 25.4. The molecule has 18 heavy (non-hydrogen) atoms. The van der Waals surface area contributed by atoms with Crippen LogP contribution in [-0.4, -0.2) is 35.0 Å². The second-order valence-electron chi connectivity index (χ2n) is 6.38. The fourth-order valence-electron chi connectivity index (χ4n) is 2.70. The Bertz CT molecular complexity index is 313. The first kappa shape index (κ1) is 15.0. The van der Waals surface area contributed by atoms with Gasteiger partial charge in [-0.3, -0.25) is 9.59 Å². The van der Waals surface area contributed by atoms with Crippen LogP contribution in [0, 0.1) is 11.3 Å². The van der Waals surface area contributed by atoms with Crippen molar-refractivity contribution in [1.29, 1.82) is 0 Å². The quantitative estimate of drug-likeness (QED) is 0.788. The second-order valence-corrected chi connectivity index (χ2v) is 6.38. The third kappa shape index (κ3) is 3.47. The van der Waals surface area contributed by atoms with Crippen LogP contribution in [0.4, 0.5) is 0 Å². The Kier molecular flexibility index (Phi) is 4.77. The number of rotatable bonds is 3. The molecule has 104 valence electrons. The second kappa shape index (κ2) is 5.72. The van der Waals surface area contributed by atoms with Crippen molar-refractivity contribution in [2.24, 2.45) is 11.3 Å². The van der Waals surface area contributed by atoms with E-state index in [2.05, 4.69) is 0 Å². The van der Waals surface area contributed by atoms with Gasteiger partial charge in [0.1, 0.15) is 5.92 Å². The molecule has 4 nitrogen and oxygen atoms in total. The minimum Gasteiger partial charge on any atom is -0.481 e. The van der Waals surface area contributed by atoms with E-state index < -0.39 is 17.3 Å². The van der Waals surface area contributed by atoms with E-state index in [1.165, 1.54) is 6.42 Å². The lowest BCUT2D eigenvalue weighted by Crippen LogP contribution is -2.47. The van der Waals surface area contributed by atoms with Crippen molar-refractivity contribution < 1.29 is 14.7 Å². The SMILES string of the molecule is CN(C(=O)C(C(=O)O)C(C)(C)C)C1CCCCC1. The Morgan fingerprint density at radius 2 is 1.67 bits per heavy atom. The summed E-state index contributed by atoms with van der Waals surface area (Å²) in [7, 11) is 1.75. The fourth-order valence-corrected chi connectivity index (χ4v) is 2.70. The first-order valence-corrected chi connectivity index (χ1v) is 6.74. The summed E-state index contributed by atoms with van der Waals surface area (Å²) in [6.45, 7) is 5.41. The minimum atomic E-state index is -1.02. The normalized spacial score (nSPS) is 19.3. The highest BCUT2D eigenvalue weighted by atomic mass is 16.4. The molecule has 1 unspecified atom stereocenters. The Labute approximate surface area is 109 Å². The van der Waals surface area contributed by atoms with Gasteiger partial charge in [0, 0.05) is 13.1 Å². The molecule has 0 heterocycles. The maximum absolute atomic E-state index is 12.4. The maximum atomic E-state index is 12.4. The summed E-state index contributed by atoms with van der Waals surface area (Å²) in [5, 5.41) is 9.28. The third-order valence-electron chi connectivity index (χ3n) is 3.83. The van der Waals surface area contributed by atoms with Crippen LogP contribution in [-0.2, 0) is 9.59 Å². The molecule has 0 bridgehead atoms. The number of amides is 1. The molecule has 1 N–H and O–H groups in total. The van der Waals surface area contributed by atoms with E-state index in [0.717, 1.165) is 25.7 Å². The first-order chi connectivity index (χ1) is 8.25. The number of carbonyl (C=O) groups is 2. The molecule has 0 aliphatic heterocycles. The molecule has 0 aromatic rings. The summed E-state index contributed by atoms with van der Waals surface area (Å²) in [6.07, 6.45) is 5.49. The van der Waals surface area contributed by atoms with E-state index in [1.54, 1.807) is 32.7 Å². The standard InChI is InChI=1S/C14H25NO3/c1-14(2,3)11(13(17)18)12(16)15(4)10-8-6-5-7-9-10/h10-11H,5-9H2,1-4H3,(H,17,18). The summed E-state index contributed by atoms with van der Waals surface area (Å²) in [6, 6.07) is 0.218. The topological polar surface area (TPSA) is 57.6 Å². The summed E-state index contributed by atoms with van der Waals surface area (Å²) >= 11 is 0. The highest BCUT2D eigenvalue weighted by Gasteiger charge is 2.40. The van der Waals surface area contributed by atoms with Crippen molar-refractivity contribution in [1.82, 2.24) is 4.90 Å². The van der Waals surface area contributed by atoms with Gasteiger partial charge in [-0.25, -0.2) is 0 Å². The van der Waals surface area contributed by atoms with Crippen LogP contribution in [0.1, 0.15) is 52.9 Å². The molecule has 0 saturated heterocycles. The number of aliphatic carboxylic acids is 1. The molecule has 1 atom stereocenters. The van der Waals surface area contributed by atoms with Gasteiger partial charge < -0.3 is 10.0 Å². The first-order valence-electron chi connectivity index (χ1n) is 6.74. The van der Waals surface area contributed by atoms with Crippen molar-refractivity contribution in [3.8, 4) is 0 Å². The molecule has 1 aliphatic rings. The van der Waals surface area contributed by atoms with E-state index in [-0.39, 0.29) is 11.9 Å². The van der Waals surface area contributed by atoms with Crippen molar-refractivity contribution >= 4 is 11.9 Å². The van der Waals surface area contributed by atoms with Crippen LogP contribution in [0.15, 0.2) is 0 Å². The van der Waals surface area contributed by atoms with E-state index >= 15 is 0 Å². The van der Waals surface area contributed by atoms with Gasteiger partial charge in [0.15, 0.2) is 0 Å². The molecule has 1 fully saturated rings. The van der Waals surface area contributed by atoms with Gasteiger partial charge in [0.05, 0.1) is 0 Å². The van der Waals surface area contributed by atoms with E-state index in [9.17, 15) is 14.7 Å². The molecule has 1 saturated carbocycles. The Balaban J connectivity index is 2.79. The van der Waals surface area contributed by atoms with Gasteiger partial charge in [-0.2, -0.15) is 0 Å². The molecule has 0 radical (unpaired) electrons. The number of carboxylic acid groups (broad SMARTS) is 1.